The first-order chi connectivity index (χ1) is 20.0. The summed E-state index contributed by atoms with van der Waals surface area (Å²) in [6.07, 6.45) is 1.85. The van der Waals surface area contributed by atoms with E-state index in [9.17, 15) is 9.59 Å². The molecule has 8 nitrogen and oxygen atoms in total. The van der Waals surface area contributed by atoms with Crippen LogP contribution in [0, 0.1) is 3.57 Å². The van der Waals surface area contributed by atoms with Crippen molar-refractivity contribution in [2.24, 2.45) is 4.99 Å². The summed E-state index contributed by atoms with van der Waals surface area (Å²) >= 11 is 3.54. The fourth-order valence-electron chi connectivity index (χ4n) is 4.48. The summed E-state index contributed by atoms with van der Waals surface area (Å²) in [4.78, 5) is 35.0. The van der Waals surface area contributed by atoms with Gasteiger partial charge in [-0.15, -0.1) is 0 Å². The summed E-state index contributed by atoms with van der Waals surface area (Å²) in [6.45, 7) is 5.05. The van der Waals surface area contributed by atoms with E-state index in [1.165, 1.54) is 11.8 Å². The first-order valence-electron chi connectivity index (χ1n) is 13.3. The molecule has 0 atom stereocenters. The number of methoxy groups -OCH3 is 1. The van der Waals surface area contributed by atoms with Crippen molar-refractivity contribution >= 4 is 63.1 Å². The maximum absolute atomic E-state index is 13.3. The summed E-state index contributed by atoms with van der Waals surface area (Å²) < 4.78 is 18.0. The topological polar surface area (TPSA) is 80.7 Å². The van der Waals surface area contributed by atoms with E-state index in [4.69, 9.17) is 19.2 Å². The van der Waals surface area contributed by atoms with Crippen LogP contribution in [-0.4, -0.2) is 66.7 Å². The van der Waals surface area contributed by atoms with Gasteiger partial charge in [-0.05, 0) is 88.8 Å². The predicted molar refractivity (Wildman–Crippen MR) is 170 cm³/mol. The number of amidine groups is 1. The van der Waals surface area contributed by atoms with Gasteiger partial charge in [0.25, 0.3) is 11.8 Å². The minimum Gasteiger partial charge on any atom is -0.493 e. The highest BCUT2D eigenvalue weighted by Crippen LogP contribution is 2.38. The molecule has 0 unspecified atom stereocenters. The Hall–Kier alpha value is -3.35. The molecule has 0 saturated carbocycles. The Labute approximate surface area is 257 Å². The molecule has 2 amide bonds. The lowest BCUT2D eigenvalue weighted by Gasteiger charge is -2.26. The number of hydrogen-bond acceptors (Lipinski definition) is 7. The Morgan fingerprint density at radius 1 is 1.10 bits per heavy atom. The second kappa shape index (κ2) is 13.5. The summed E-state index contributed by atoms with van der Waals surface area (Å²) in [5, 5.41) is 0.573. The maximum Gasteiger partial charge on any atom is 0.266 e. The highest BCUT2D eigenvalue weighted by Gasteiger charge is 2.32. The number of hydrogen-bond donors (Lipinski definition) is 0. The number of halogens is 1. The lowest BCUT2D eigenvalue weighted by Crippen LogP contribution is -2.40. The van der Waals surface area contributed by atoms with Gasteiger partial charge in [-0.25, -0.2) is 4.99 Å². The molecule has 0 radical (unpaired) electrons. The second-order valence-corrected chi connectivity index (χ2v) is 11.5. The van der Waals surface area contributed by atoms with E-state index in [1.54, 1.807) is 29.0 Å². The standard InChI is InChI=1S/C31H30IN3O5S/c1-3-35-30(37)27(18-22-16-25(32)28(26(17-22)38-2)40-20-21-8-5-4-6-9-21)41-31(35)33-24-11-7-10-23(19-24)29(36)34-12-14-39-15-13-34/h4-11,16-19H,3,12-15,20H2,1-2H3/b27-18+,33-31?. The van der Waals surface area contributed by atoms with Gasteiger partial charge in [-0.1, -0.05) is 36.4 Å². The Balaban J connectivity index is 1.36. The number of ether oxygens (including phenoxy) is 3. The highest BCUT2D eigenvalue weighted by molar-refractivity contribution is 14.1. The van der Waals surface area contributed by atoms with Gasteiger partial charge in [0.1, 0.15) is 6.61 Å². The first kappa shape index (κ1) is 29.2. The van der Waals surface area contributed by atoms with Gasteiger partial charge in [-0.3, -0.25) is 14.5 Å². The van der Waals surface area contributed by atoms with Crippen molar-refractivity contribution in [1.82, 2.24) is 9.80 Å². The Morgan fingerprint density at radius 2 is 1.88 bits per heavy atom. The van der Waals surface area contributed by atoms with Crippen molar-refractivity contribution in [3.63, 3.8) is 0 Å². The van der Waals surface area contributed by atoms with Crippen LogP contribution in [0.1, 0.15) is 28.4 Å². The molecule has 0 spiro atoms. The minimum atomic E-state index is -0.116. The SMILES string of the molecule is CCN1C(=O)/C(=C\c2cc(I)c(OCc3ccccc3)c(OC)c2)SC1=Nc1cccc(C(=O)N2CCOCC2)c1. The fraction of sp³-hybridized carbons (Fsp3) is 0.258. The van der Waals surface area contributed by atoms with Crippen LogP contribution in [0.2, 0.25) is 0 Å². The quantitative estimate of drug-likeness (QED) is 0.215. The highest BCUT2D eigenvalue weighted by atomic mass is 127. The van der Waals surface area contributed by atoms with Gasteiger partial charge in [-0.2, -0.15) is 0 Å². The third kappa shape index (κ3) is 6.94. The zero-order valence-corrected chi connectivity index (χ0v) is 25.8. The molecule has 0 N–H and O–H groups in total. The normalized spacial score (nSPS) is 17.4. The average molecular weight is 684 g/mol. The van der Waals surface area contributed by atoms with Crippen LogP contribution < -0.4 is 9.47 Å². The molecule has 212 valence electrons. The minimum absolute atomic E-state index is 0.0434. The lowest BCUT2D eigenvalue weighted by atomic mass is 10.1. The zero-order valence-electron chi connectivity index (χ0n) is 22.8. The van der Waals surface area contributed by atoms with Crippen molar-refractivity contribution in [2.45, 2.75) is 13.5 Å². The molecule has 2 aliphatic heterocycles. The number of carbonyl (C=O) groups excluding carboxylic acids is 2. The smallest absolute Gasteiger partial charge is 0.266 e. The summed E-state index contributed by atoms with van der Waals surface area (Å²) in [7, 11) is 1.61. The van der Waals surface area contributed by atoms with E-state index in [2.05, 4.69) is 22.6 Å². The van der Waals surface area contributed by atoms with Crippen LogP contribution in [-0.2, 0) is 16.1 Å². The van der Waals surface area contributed by atoms with Gasteiger partial charge in [0.05, 0.1) is 34.5 Å². The van der Waals surface area contributed by atoms with Crippen molar-refractivity contribution in [2.75, 3.05) is 40.0 Å². The molecular formula is C31H30IN3O5S. The number of likely N-dealkylation sites (N-methyl/N-ethyl adjacent to an activating group) is 1. The first-order valence-corrected chi connectivity index (χ1v) is 15.2. The molecule has 2 saturated heterocycles. The Bertz CT molecular complexity index is 1490. The molecule has 5 rings (SSSR count). The number of thioether (sulfide) groups is 1. The van der Waals surface area contributed by atoms with Crippen LogP contribution in [0.5, 0.6) is 11.5 Å². The van der Waals surface area contributed by atoms with Gasteiger partial charge in [0, 0.05) is 25.2 Å². The molecule has 3 aromatic rings. The largest absolute Gasteiger partial charge is 0.493 e. The van der Waals surface area contributed by atoms with Crippen molar-refractivity contribution in [3.05, 3.63) is 91.9 Å². The van der Waals surface area contributed by atoms with Crippen molar-refractivity contribution in [3.8, 4) is 11.5 Å². The number of benzene rings is 3. The molecule has 2 heterocycles. The lowest BCUT2D eigenvalue weighted by molar-refractivity contribution is -0.122. The maximum atomic E-state index is 13.3. The Kier molecular flexibility index (Phi) is 9.63. The second-order valence-electron chi connectivity index (χ2n) is 9.32. The third-order valence-corrected chi connectivity index (χ3v) is 8.40. The molecular weight excluding hydrogens is 653 g/mol. The van der Waals surface area contributed by atoms with Crippen LogP contribution in [0.3, 0.4) is 0 Å². The summed E-state index contributed by atoms with van der Waals surface area (Å²) in [6, 6.07) is 21.0. The average Bonchev–Trinajstić information content (AvgIpc) is 3.29. The van der Waals surface area contributed by atoms with E-state index in [0.29, 0.717) is 72.3 Å². The number of amides is 2. The fourth-order valence-corrected chi connectivity index (χ4v) is 6.33. The molecule has 2 fully saturated rings. The summed E-state index contributed by atoms with van der Waals surface area (Å²) in [5.41, 5.74) is 3.07. The van der Waals surface area contributed by atoms with Gasteiger partial charge in [0.15, 0.2) is 16.7 Å². The van der Waals surface area contributed by atoms with Crippen LogP contribution in [0.25, 0.3) is 6.08 Å². The number of carbonyl (C=O) groups is 2. The van der Waals surface area contributed by atoms with Crippen molar-refractivity contribution < 1.29 is 23.8 Å². The molecule has 41 heavy (non-hydrogen) atoms. The van der Waals surface area contributed by atoms with E-state index < -0.39 is 0 Å². The Morgan fingerprint density at radius 3 is 2.61 bits per heavy atom. The summed E-state index contributed by atoms with van der Waals surface area (Å²) in [5.74, 6) is 1.10. The van der Waals surface area contributed by atoms with E-state index in [-0.39, 0.29) is 11.8 Å². The van der Waals surface area contributed by atoms with Crippen LogP contribution >= 0.6 is 34.4 Å². The van der Waals surface area contributed by atoms with E-state index in [0.717, 1.165) is 14.7 Å². The molecule has 10 heteroatoms. The van der Waals surface area contributed by atoms with Gasteiger partial charge in [0.2, 0.25) is 0 Å². The van der Waals surface area contributed by atoms with Gasteiger partial charge < -0.3 is 19.1 Å². The van der Waals surface area contributed by atoms with E-state index >= 15 is 0 Å². The molecule has 0 aliphatic carbocycles. The van der Waals surface area contributed by atoms with Gasteiger partial charge >= 0.3 is 0 Å². The number of rotatable bonds is 8. The monoisotopic (exact) mass is 683 g/mol. The van der Waals surface area contributed by atoms with Crippen LogP contribution in [0.15, 0.2) is 76.6 Å². The zero-order chi connectivity index (χ0) is 28.8. The third-order valence-electron chi connectivity index (χ3n) is 6.60. The number of nitrogens with zero attached hydrogens (tertiary/aromatic N) is 3. The predicted octanol–water partition coefficient (Wildman–Crippen LogP) is 5.98. The molecule has 2 aliphatic rings. The molecule has 0 bridgehead atoms. The van der Waals surface area contributed by atoms with E-state index in [1.807, 2.05) is 67.6 Å². The number of aliphatic imine (C=N–C) groups is 1. The molecule has 3 aromatic carbocycles. The number of morpholine rings is 1. The van der Waals surface area contributed by atoms with Crippen LogP contribution in [0.4, 0.5) is 5.69 Å². The molecule has 0 aromatic heterocycles. The van der Waals surface area contributed by atoms with Crippen molar-refractivity contribution in [1.29, 1.82) is 0 Å².